The molecule has 0 saturated heterocycles. The van der Waals surface area contributed by atoms with E-state index in [1.165, 1.54) is 52.9 Å². The highest BCUT2D eigenvalue weighted by Gasteiger charge is 2.10. The molecule has 6 nitrogen and oxygen atoms in total. The number of carbonyl (C=O) groups is 1. The molecule has 0 saturated carbocycles. The van der Waals surface area contributed by atoms with Gasteiger partial charge < -0.3 is 14.9 Å². The predicted molar refractivity (Wildman–Crippen MR) is 126 cm³/mol. The lowest BCUT2D eigenvalue weighted by Crippen LogP contribution is -3.10. The first-order chi connectivity index (χ1) is 15.8. The molecule has 0 aromatic heterocycles. The van der Waals surface area contributed by atoms with Crippen LogP contribution in [0.4, 0.5) is 10.1 Å². The van der Waals surface area contributed by atoms with E-state index in [0.717, 1.165) is 31.3 Å². The Morgan fingerprint density at radius 2 is 1.52 bits per heavy atom. The van der Waals surface area contributed by atoms with Gasteiger partial charge in [-0.15, -0.1) is 0 Å². The average molecular weight is 470 g/mol. The molecule has 0 spiro atoms. The summed E-state index contributed by atoms with van der Waals surface area (Å²) in [4.78, 5) is 13.9. The van der Waals surface area contributed by atoms with E-state index in [-0.39, 0.29) is 16.5 Å². The fourth-order valence-corrected chi connectivity index (χ4v) is 4.33. The minimum atomic E-state index is -4.10. The van der Waals surface area contributed by atoms with E-state index < -0.39 is 15.8 Å². The molecule has 0 unspecified atom stereocenters. The fraction of sp³-hybridized carbons (Fsp3) is 0.240. The van der Waals surface area contributed by atoms with Crippen LogP contribution in [0, 0.1) is 5.82 Å². The quantitative estimate of drug-likeness (QED) is 0.476. The van der Waals surface area contributed by atoms with Crippen LogP contribution < -0.4 is 10.2 Å². The van der Waals surface area contributed by atoms with E-state index >= 15 is 0 Å². The summed E-state index contributed by atoms with van der Waals surface area (Å²) in [5, 5.41) is 2.84. The zero-order valence-corrected chi connectivity index (χ0v) is 19.5. The van der Waals surface area contributed by atoms with Crippen molar-refractivity contribution in [2.45, 2.75) is 31.8 Å². The van der Waals surface area contributed by atoms with Crippen LogP contribution in [0.5, 0.6) is 0 Å². The summed E-state index contributed by atoms with van der Waals surface area (Å²) in [6.07, 6.45) is 0. The second kappa shape index (κ2) is 11.1. The van der Waals surface area contributed by atoms with Crippen molar-refractivity contribution in [1.29, 1.82) is 0 Å². The number of halogens is 1. The minimum Gasteiger partial charge on any atom is -0.570 e. The Kier molecular flexibility index (Phi) is 8.19. The van der Waals surface area contributed by atoms with Crippen molar-refractivity contribution in [3.63, 3.8) is 0 Å². The molecule has 3 rings (SSSR count). The average Bonchev–Trinajstić information content (AvgIpc) is 2.83. The molecule has 2 N–H and O–H groups in total. The topological polar surface area (TPSA) is 81.8 Å². The maximum absolute atomic E-state index is 13.7. The second-order valence-electron chi connectivity index (χ2n) is 7.68. The van der Waals surface area contributed by atoms with Gasteiger partial charge in [-0.3, -0.25) is 4.79 Å². The predicted octanol–water partition coefficient (Wildman–Crippen LogP) is 3.57. The number of nitrogens with zero attached hydrogens (tertiary/aromatic N) is 1. The van der Waals surface area contributed by atoms with Gasteiger partial charge in [-0.1, -0.05) is 48.2 Å². The van der Waals surface area contributed by atoms with Crippen molar-refractivity contribution >= 4 is 21.6 Å². The normalized spacial score (nSPS) is 11.4. The molecule has 0 radical (unpaired) electrons. The van der Waals surface area contributed by atoms with Crippen molar-refractivity contribution in [2.75, 3.05) is 13.1 Å². The summed E-state index contributed by atoms with van der Waals surface area (Å²) in [7, 11) is -4.10. The van der Waals surface area contributed by atoms with Crippen LogP contribution in [0.1, 0.15) is 35.3 Å². The van der Waals surface area contributed by atoms with Gasteiger partial charge in [-0.25, -0.2) is 12.8 Å². The number of hydrogen-bond donors (Lipinski definition) is 2. The number of amides is 1. The van der Waals surface area contributed by atoms with Gasteiger partial charge >= 0.3 is 0 Å². The fourth-order valence-electron chi connectivity index (χ4n) is 3.33. The van der Waals surface area contributed by atoms with Crippen molar-refractivity contribution in [1.82, 2.24) is 5.32 Å². The molecular formula is C25H28FN3O3S. The van der Waals surface area contributed by atoms with E-state index in [9.17, 15) is 17.6 Å². The SMILES string of the molecule is CC[NH+](CC)Cc1ccc(CNC(=O)c2ccc(S(=O)(=O)[N-]c3ccccc3F)cc2)cc1. The van der Waals surface area contributed by atoms with Gasteiger partial charge in [0.1, 0.15) is 22.4 Å². The van der Waals surface area contributed by atoms with Gasteiger partial charge in [0.2, 0.25) is 0 Å². The first-order valence-electron chi connectivity index (χ1n) is 10.8. The Bertz CT molecular complexity index is 1180. The Hall–Kier alpha value is -3.23. The smallest absolute Gasteiger partial charge is 0.251 e. The highest BCUT2D eigenvalue weighted by molar-refractivity contribution is 7.94. The third-order valence-electron chi connectivity index (χ3n) is 5.42. The number of benzene rings is 3. The molecule has 0 bridgehead atoms. The maximum Gasteiger partial charge on any atom is 0.251 e. The highest BCUT2D eigenvalue weighted by Crippen LogP contribution is 2.29. The Morgan fingerprint density at radius 3 is 2.12 bits per heavy atom. The lowest BCUT2D eigenvalue weighted by atomic mass is 10.1. The monoisotopic (exact) mass is 469 g/mol. The number of sulfonamides is 1. The first-order valence-corrected chi connectivity index (χ1v) is 12.3. The number of rotatable bonds is 10. The van der Waals surface area contributed by atoms with Crippen molar-refractivity contribution in [2.24, 2.45) is 0 Å². The van der Waals surface area contributed by atoms with Gasteiger partial charge in [0.15, 0.2) is 0 Å². The zero-order valence-electron chi connectivity index (χ0n) is 18.7. The lowest BCUT2D eigenvalue weighted by molar-refractivity contribution is -0.910. The molecule has 8 heteroatoms. The Labute approximate surface area is 194 Å². The number of carbonyl (C=O) groups excluding carboxylic acids is 1. The van der Waals surface area contributed by atoms with E-state index in [1.54, 1.807) is 0 Å². The molecule has 3 aromatic rings. The van der Waals surface area contributed by atoms with Gasteiger partial charge in [-0.05, 0) is 49.7 Å². The maximum atomic E-state index is 13.7. The zero-order chi connectivity index (χ0) is 23.8. The highest BCUT2D eigenvalue weighted by atomic mass is 32.2. The molecule has 1 amide bonds. The summed E-state index contributed by atoms with van der Waals surface area (Å²) in [5.74, 6) is -1.04. The van der Waals surface area contributed by atoms with E-state index in [4.69, 9.17) is 0 Å². The summed E-state index contributed by atoms with van der Waals surface area (Å²) >= 11 is 0. The second-order valence-corrected chi connectivity index (χ2v) is 9.28. The standard InChI is InChI=1S/C25H27FN3O3S/c1-3-29(4-2)18-20-11-9-19(10-12-20)17-27-25(30)21-13-15-22(16-14-21)33(31,32)28-24-8-6-5-7-23(24)26/h5-16H,3-4,17-18H2,1-2H3,(H,27,30)/q-1/p+1. The van der Waals surface area contributed by atoms with Gasteiger partial charge in [0, 0.05) is 17.7 Å². The van der Waals surface area contributed by atoms with Crippen LogP contribution in [-0.4, -0.2) is 27.4 Å². The minimum absolute atomic E-state index is 0.117. The van der Waals surface area contributed by atoms with Gasteiger partial charge in [0.25, 0.3) is 5.91 Å². The molecular weight excluding hydrogens is 441 g/mol. The van der Waals surface area contributed by atoms with Crippen molar-refractivity contribution in [3.8, 4) is 0 Å². The first kappa shape index (κ1) is 24.4. The number of nitrogens with one attached hydrogen (secondary N) is 2. The van der Waals surface area contributed by atoms with Crippen LogP contribution in [0.2, 0.25) is 0 Å². The van der Waals surface area contributed by atoms with Gasteiger partial charge in [0.05, 0.1) is 18.0 Å². The van der Waals surface area contributed by atoms with Crippen LogP contribution in [-0.2, 0) is 23.1 Å². The third kappa shape index (κ3) is 6.63. The number of hydrogen-bond acceptors (Lipinski definition) is 3. The third-order valence-corrected chi connectivity index (χ3v) is 6.72. The molecule has 3 aromatic carbocycles. The van der Waals surface area contributed by atoms with E-state index in [1.807, 2.05) is 12.1 Å². The lowest BCUT2D eigenvalue weighted by Gasteiger charge is -2.22. The molecule has 0 aliphatic carbocycles. The van der Waals surface area contributed by atoms with Crippen LogP contribution in [0.3, 0.4) is 0 Å². The molecule has 174 valence electrons. The summed E-state index contributed by atoms with van der Waals surface area (Å²) in [6, 6.07) is 18.9. The molecule has 0 aliphatic rings. The molecule has 33 heavy (non-hydrogen) atoms. The molecule has 0 aliphatic heterocycles. The largest absolute Gasteiger partial charge is 0.570 e. The van der Waals surface area contributed by atoms with Gasteiger partial charge in [-0.2, -0.15) is 0 Å². The van der Waals surface area contributed by atoms with Crippen LogP contribution in [0.25, 0.3) is 4.72 Å². The Morgan fingerprint density at radius 1 is 0.909 bits per heavy atom. The summed E-state index contributed by atoms with van der Waals surface area (Å²) in [5.41, 5.74) is 2.29. The molecule has 0 heterocycles. The summed E-state index contributed by atoms with van der Waals surface area (Å²) < 4.78 is 42.2. The van der Waals surface area contributed by atoms with Crippen molar-refractivity contribution in [3.05, 3.63) is 100 Å². The van der Waals surface area contributed by atoms with Crippen LogP contribution >= 0.6 is 0 Å². The van der Waals surface area contributed by atoms with Crippen LogP contribution in [0.15, 0.2) is 77.7 Å². The molecule has 0 atom stereocenters. The Balaban J connectivity index is 1.58. The van der Waals surface area contributed by atoms with E-state index in [0.29, 0.717) is 12.1 Å². The van der Waals surface area contributed by atoms with E-state index in [2.05, 4.69) is 36.0 Å². The molecule has 0 fully saturated rings. The number of quaternary nitrogens is 1. The summed E-state index contributed by atoms with van der Waals surface area (Å²) in [6.45, 7) is 7.82. The van der Waals surface area contributed by atoms with Crippen molar-refractivity contribution < 1.29 is 22.5 Å².